The minimum atomic E-state index is -0.0257. The van der Waals surface area contributed by atoms with Crippen molar-refractivity contribution in [2.45, 2.75) is 52.0 Å². The molecular formula is C18H27NO3. The Morgan fingerprint density at radius 2 is 2.05 bits per heavy atom. The number of methoxy groups -OCH3 is 1. The molecule has 1 aliphatic carbocycles. The summed E-state index contributed by atoms with van der Waals surface area (Å²) >= 11 is 0. The topological polar surface area (TPSA) is 47.6 Å². The summed E-state index contributed by atoms with van der Waals surface area (Å²) in [4.78, 5) is 12.2. The Balaban J connectivity index is 2.02. The van der Waals surface area contributed by atoms with E-state index in [-0.39, 0.29) is 17.9 Å². The van der Waals surface area contributed by atoms with Gasteiger partial charge in [-0.1, -0.05) is 25.8 Å². The number of benzene rings is 1. The number of carbonyl (C=O) groups is 1. The zero-order valence-corrected chi connectivity index (χ0v) is 13.9. The fraction of sp³-hybridized carbons (Fsp3) is 0.611. The predicted octanol–water partition coefficient (Wildman–Crippen LogP) is 3.85. The number of rotatable bonds is 7. The first-order valence-corrected chi connectivity index (χ1v) is 8.26. The highest BCUT2D eigenvalue weighted by Crippen LogP contribution is 2.31. The van der Waals surface area contributed by atoms with Crippen molar-refractivity contribution >= 4 is 5.91 Å². The third kappa shape index (κ3) is 4.15. The van der Waals surface area contributed by atoms with Gasteiger partial charge in [0.2, 0.25) is 5.91 Å². The highest BCUT2D eigenvalue weighted by molar-refractivity contribution is 5.79. The van der Waals surface area contributed by atoms with E-state index >= 15 is 0 Å². The molecule has 0 aromatic heterocycles. The lowest BCUT2D eigenvalue weighted by atomic mass is 10.0. The lowest BCUT2D eigenvalue weighted by Crippen LogP contribution is -2.31. The van der Waals surface area contributed by atoms with E-state index in [1.165, 1.54) is 12.8 Å². The molecule has 1 aliphatic rings. The summed E-state index contributed by atoms with van der Waals surface area (Å²) in [7, 11) is 1.64. The molecule has 0 unspecified atom stereocenters. The molecule has 1 saturated carbocycles. The molecule has 0 spiro atoms. The van der Waals surface area contributed by atoms with Crippen LogP contribution >= 0.6 is 0 Å². The zero-order valence-electron chi connectivity index (χ0n) is 13.9. The van der Waals surface area contributed by atoms with Crippen molar-refractivity contribution in [2.75, 3.05) is 13.7 Å². The van der Waals surface area contributed by atoms with Crippen molar-refractivity contribution in [3.8, 4) is 11.5 Å². The van der Waals surface area contributed by atoms with Crippen molar-refractivity contribution < 1.29 is 14.3 Å². The Hall–Kier alpha value is -1.71. The predicted molar refractivity (Wildman–Crippen MR) is 87.3 cm³/mol. The lowest BCUT2D eigenvalue weighted by molar-refractivity contribution is -0.125. The summed E-state index contributed by atoms with van der Waals surface area (Å²) in [5.41, 5.74) is 1.03. The van der Waals surface area contributed by atoms with Gasteiger partial charge in [0.05, 0.1) is 19.8 Å². The first kappa shape index (κ1) is 16.7. The Labute approximate surface area is 133 Å². The normalized spacial score (nSPS) is 16.3. The van der Waals surface area contributed by atoms with Crippen molar-refractivity contribution in [3.05, 3.63) is 23.8 Å². The van der Waals surface area contributed by atoms with Crippen LogP contribution in [0.3, 0.4) is 0 Å². The number of ether oxygens (including phenoxy) is 2. The first-order chi connectivity index (χ1) is 10.7. The summed E-state index contributed by atoms with van der Waals surface area (Å²) < 4.78 is 11.1. The number of hydrogen-bond acceptors (Lipinski definition) is 3. The van der Waals surface area contributed by atoms with Crippen molar-refractivity contribution in [3.63, 3.8) is 0 Å². The average Bonchev–Trinajstić information content (AvgIpc) is 3.07. The molecule has 4 heteroatoms. The van der Waals surface area contributed by atoms with Gasteiger partial charge >= 0.3 is 0 Å². The van der Waals surface area contributed by atoms with Gasteiger partial charge in [-0.2, -0.15) is 0 Å². The van der Waals surface area contributed by atoms with Crippen molar-refractivity contribution in [1.82, 2.24) is 5.32 Å². The molecule has 0 heterocycles. The van der Waals surface area contributed by atoms with Crippen LogP contribution in [0.1, 0.15) is 57.6 Å². The van der Waals surface area contributed by atoms with Crippen LogP contribution in [0.15, 0.2) is 18.2 Å². The van der Waals surface area contributed by atoms with E-state index in [2.05, 4.69) is 12.2 Å². The zero-order chi connectivity index (χ0) is 15.9. The Morgan fingerprint density at radius 1 is 1.32 bits per heavy atom. The van der Waals surface area contributed by atoms with E-state index < -0.39 is 0 Å². The molecule has 1 aromatic rings. The van der Waals surface area contributed by atoms with Gasteiger partial charge in [-0.25, -0.2) is 0 Å². The lowest BCUT2D eigenvalue weighted by Gasteiger charge is -2.19. The number of nitrogens with one attached hydrogen (secondary N) is 1. The Bertz CT molecular complexity index is 495. The molecule has 122 valence electrons. The Morgan fingerprint density at radius 3 is 2.68 bits per heavy atom. The van der Waals surface area contributed by atoms with Gasteiger partial charge < -0.3 is 14.8 Å². The monoisotopic (exact) mass is 305 g/mol. The van der Waals surface area contributed by atoms with E-state index in [4.69, 9.17) is 9.47 Å². The van der Waals surface area contributed by atoms with Crippen molar-refractivity contribution in [1.29, 1.82) is 0 Å². The van der Waals surface area contributed by atoms with E-state index in [1.807, 2.05) is 25.1 Å². The molecule has 0 aliphatic heterocycles. The maximum Gasteiger partial charge on any atom is 0.223 e. The molecule has 0 saturated heterocycles. The van der Waals surface area contributed by atoms with Crippen molar-refractivity contribution in [2.24, 2.45) is 5.92 Å². The van der Waals surface area contributed by atoms with E-state index in [1.54, 1.807) is 7.11 Å². The average molecular weight is 305 g/mol. The second-order valence-corrected chi connectivity index (χ2v) is 5.97. The van der Waals surface area contributed by atoms with Crippen LogP contribution in [0.5, 0.6) is 11.5 Å². The van der Waals surface area contributed by atoms with Gasteiger partial charge in [-0.05, 0) is 43.9 Å². The summed E-state index contributed by atoms with van der Waals surface area (Å²) in [6.45, 7) is 4.75. The van der Waals surface area contributed by atoms with Crippen LogP contribution in [0.2, 0.25) is 0 Å². The van der Waals surface area contributed by atoms with Crippen LogP contribution in [-0.4, -0.2) is 19.6 Å². The molecule has 1 N–H and O–H groups in total. The van der Waals surface area contributed by atoms with Gasteiger partial charge in [0.25, 0.3) is 0 Å². The number of carbonyl (C=O) groups excluding carboxylic acids is 1. The van der Waals surface area contributed by atoms with Gasteiger partial charge in [0.1, 0.15) is 0 Å². The third-order valence-corrected chi connectivity index (χ3v) is 4.23. The molecule has 0 radical (unpaired) electrons. The van der Waals surface area contributed by atoms with Gasteiger partial charge in [0, 0.05) is 5.92 Å². The van der Waals surface area contributed by atoms with E-state index in [9.17, 15) is 4.79 Å². The molecule has 22 heavy (non-hydrogen) atoms. The van der Waals surface area contributed by atoms with Crippen LogP contribution in [0.25, 0.3) is 0 Å². The molecule has 0 bridgehead atoms. The molecule has 4 nitrogen and oxygen atoms in total. The molecule has 2 rings (SSSR count). The molecule has 1 atom stereocenters. The maximum atomic E-state index is 12.2. The largest absolute Gasteiger partial charge is 0.493 e. The van der Waals surface area contributed by atoms with Gasteiger partial charge in [-0.15, -0.1) is 0 Å². The number of hydrogen-bond donors (Lipinski definition) is 1. The summed E-state index contributed by atoms with van der Waals surface area (Å²) in [6, 6.07) is 5.84. The highest BCUT2D eigenvalue weighted by Gasteiger charge is 2.24. The van der Waals surface area contributed by atoms with Gasteiger partial charge in [-0.3, -0.25) is 4.79 Å². The minimum absolute atomic E-state index is 0.0257. The SMILES string of the molecule is CCCOc1ccc([C@@H](C)NC(=O)C2CCCC2)cc1OC. The van der Waals surface area contributed by atoms with Gasteiger partial charge in [0.15, 0.2) is 11.5 Å². The molecule has 1 fully saturated rings. The second kappa shape index (κ2) is 8.06. The van der Waals surface area contributed by atoms with E-state index in [0.717, 1.165) is 30.6 Å². The fourth-order valence-electron chi connectivity index (χ4n) is 2.89. The summed E-state index contributed by atoms with van der Waals surface area (Å²) in [6.07, 6.45) is 5.34. The molecular weight excluding hydrogens is 278 g/mol. The molecule has 1 aromatic carbocycles. The minimum Gasteiger partial charge on any atom is -0.493 e. The molecule has 1 amide bonds. The van der Waals surface area contributed by atoms with Crippen LogP contribution in [0, 0.1) is 5.92 Å². The number of amides is 1. The Kier molecular flexibility index (Phi) is 6.10. The summed E-state index contributed by atoms with van der Waals surface area (Å²) in [5, 5.41) is 3.12. The third-order valence-electron chi connectivity index (χ3n) is 4.23. The fourth-order valence-corrected chi connectivity index (χ4v) is 2.89. The maximum absolute atomic E-state index is 12.2. The first-order valence-electron chi connectivity index (χ1n) is 8.26. The summed E-state index contributed by atoms with van der Waals surface area (Å²) in [5.74, 6) is 1.84. The van der Waals surface area contributed by atoms with E-state index in [0.29, 0.717) is 12.4 Å². The second-order valence-electron chi connectivity index (χ2n) is 5.97. The highest BCUT2D eigenvalue weighted by atomic mass is 16.5. The van der Waals surface area contributed by atoms with Crippen LogP contribution in [-0.2, 0) is 4.79 Å². The van der Waals surface area contributed by atoms with Crippen LogP contribution < -0.4 is 14.8 Å². The van der Waals surface area contributed by atoms with Crippen LogP contribution in [0.4, 0.5) is 0 Å². The smallest absolute Gasteiger partial charge is 0.223 e. The standard InChI is InChI=1S/C18H27NO3/c1-4-11-22-16-10-9-15(12-17(16)21-3)13(2)19-18(20)14-7-5-6-8-14/h9-10,12-14H,4-8,11H2,1-3H3,(H,19,20)/t13-/m1/s1. The quantitative estimate of drug-likeness (QED) is 0.832.